The summed E-state index contributed by atoms with van der Waals surface area (Å²) in [6.45, 7) is 1.03. The first-order valence-corrected chi connectivity index (χ1v) is 11.2. The van der Waals surface area contributed by atoms with Gasteiger partial charge in [-0.2, -0.15) is 4.31 Å². The molecule has 1 aromatic carbocycles. The summed E-state index contributed by atoms with van der Waals surface area (Å²) in [6, 6.07) is 5.76. The third-order valence-corrected chi connectivity index (χ3v) is 7.84. The highest BCUT2D eigenvalue weighted by atomic mass is 32.2. The molecule has 2 N–H and O–H groups in total. The molecule has 0 spiro atoms. The van der Waals surface area contributed by atoms with Crippen LogP contribution in [0.25, 0.3) is 0 Å². The standard InChI is InChI=1S/C19H27N3O4S/c1-26-17-7-4-13(10-18(17)27(24,25)22-8-2-3-9-22)19(23)21-16-11-14-5-6-15(12-16)20-14/h4,7,10,14-16,20H,2-3,5-6,8-9,11-12H2,1H3,(H,21,23). The fraction of sp³-hybridized carbons (Fsp3) is 0.632. The van der Waals surface area contributed by atoms with Crippen molar-refractivity contribution in [3.05, 3.63) is 23.8 Å². The van der Waals surface area contributed by atoms with Gasteiger partial charge in [-0.25, -0.2) is 8.42 Å². The number of sulfonamides is 1. The number of benzene rings is 1. The SMILES string of the molecule is COc1ccc(C(=O)NC2CC3CCC(C2)N3)cc1S(=O)(=O)N1CCCC1. The summed E-state index contributed by atoms with van der Waals surface area (Å²) in [7, 11) is -2.21. The first-order chi connectivity index (χ1) is 13.0. The molecule has 2 bridgehead atoms. The minimum atomic E-state index is -3.66. The molecular weight excluding hydrogens is 366 g/mol. The van der Waals surface area contributed by atoms with E-state index in [2.05, 4.69) is 10.6 Å². The monoisotopic (exact) mass is 393 g/mol. The maximum absolute atomic E-state index is 13.0. The van der Waals surface area contributed by atoms with Gasteiger partial charge < -0.3 is 15.4 Å². The number of ether oxygens (including phenoxy) is 1. The Labute approximate surface area is 160 Å². The number of hydrogen-bond donors (Lipinski definition) is 2. The number of carbonyl (C=O) groups excluding carboxylic acids is 1. The van der Waals surface area contributed by atoms with E-state index in [1.807, 2.05) is 0 Å². The zero-order valence-corrected chi connectivity index (χ0v) is 16.4. The van der Waals surface area contributed by atoms with Crippen LogP contribution in [-0.2, 0) is 10.0 Å². The number of hydrogen-bond acceptors (Lipinski definition) is 5. The van der Waals surface area contributed by atoms with Gasteiger partial charge in [0.05, 0.1) is 7.11 Å². The Kier molecular flexibility index (Phi) is 5.13. The Balaban J connectivity index is 1.55. The molecule has 4 rings (SSSR count). The van der Waals surface area contributed by atoms with Gasteiger partial charge in [-0.05, 0) is 56.7 Å². The third kappa shape index (κ3) is 3.70. The molecule has 0 radical (unpaired) electrons. The smallest absolute Gasteiger partial charge is 0.251 e. The van der Waals surface area contributed by atoms with Crippen LogP contribution in [0.3, 0.4) is 0 Å². The summed E-state index contributed by atoms with van der Waals surface area (Å²) in [6.07, 6.45) is 5.91. The maximum Gasteiger partial charge on any atom is 0.251 e. The lowest BCUT2D eigenvalue weighted by Crippen LogP contribution is -2.48. The summed E-state index contributed by atoms with van der Waals surface area (Å²) in [4.78, 5) is 12.8. The second kappa shape index (κ2) is 7.41. The van der Waals surface area contributed by atoms with Gasteiger partial charge in [-0.3, -0.25) is 4.79 Å². The summed E-state index contributed by atoms with van der Waals surface area (Å²) in [5.41, 5.74) is 0.361. The van der Waals surface area contributed by atoms with Gasteiger partial charge in [-0.15, -0.1) is 0 Å². The largest absolute Gasteiger partial charge is 0.495 e. The average Bonchev–Trinajstić information content (AvgIpc) is 3.31. The van der Waals surface area contributed by atoms with E-state index < -0.39 is 10.0 Å². The van der Waals surface area contributed by atoms with Crippen LogP contribution in [-0.4, -0.2) is 57.0 Å². The summed E-state index contributed by atoms with van der Waals surface area (Å²) < 4.78 is 32.7. The molecule has 3 aliphatic heterocycles. The minimum absolute atomic E-state index is 0.0740. The number of methoxy groups -OCH3 is 1. The van der Waals surface area contributed by atoms with E-state index >= 15 is 0 Å². The lowest BCUT2D eigenvalue weighted by atomic mass is 9.99. The normalized spacial score (nSPS) is 28.3. The molecule has 0 aliphatic carbocycles. The number of nitrogens with zero attached hydrogens (tertiary/aromatic N) is 1. The highest BCUT2D eigenvalue weighted by Gasteiger charge is 2.35. The quantitative estimate of drug-likeness (QED) is 0.791. The molecule has 27 heavy (non-hydrogen) atoms. The average molecular weight is 394 g/mol. The van der Waals surface area contributed by atoms with Gasteiger partial charge in [-0.1, -0.05) is 0 Å². The lowest BCUT2D eigenvalue weighted by molar-refractivity contribution is 0.0923. The van der Waals surface area contributed by atoms with Crippen LogP contribution >= 0.6 is 0 Å². The van der Waals surface area contributed by atoms with Crippen LogP contribution in [0.15, 0.2) is 23.1 Å². The number of rotatable bonds is 5. The Morgan fingerprint density at radius 3 is 2.48 bits per heavy atom. The summed E-state index contributed by atoms with van der Waals surface area (Å²) in [5.74, 6) is 0.0557. The molecule has 148 valence electrons. The van der Waals surface area contributed by atoms with E-state index in [0.717, 1.165) is 38.5 Å². The van der Waals surface area contributed by atoms with E-state index in [9.17, 15) is 13.2 Å². The molecule has 3 fully saturated rings. The molecule has 1 aromatic rings. The number of amides is 1. The van der Waals surface area contributed by atoms with Crippen molar-refractivity contribution in [3.8, 4) is 5.75 Å². The van der Waals surface area contributed by atoms with Gasteiger partial charge >= 0.3 is 0 Å². The molecule has 3 saturated heterocycles. The number of nitrogens with one attached hydrogen (secondary N) is 2. The Morgan fingerprint density at radius 1 is 1.19 bits per heavy atom. The van der Waals surface area contributed by atoms with Crippen molar-refractivity contribution in [1.29, 1.82) is 0 Å². The third-order valence-electron chi connectivity index (χ3n) is 5.92. The Hall–Kier alpha value is -1.64. The van der Waals surface area contributed by atoms with Crippen LogP contribution in [0.2, 0.25) is 0 Å². The van der Waals surface area contributed by atoms with E-state index in [-0.39, 0.29) is 22.6 Å². The maximum atomic E-state index is 13.0. The second-order valence-corrected chi connectivity index (χ2v) is 9.66. The Morgan fingerprint density at radius 2 is 1.85 bits per heavy atom. The molecule has 7 nitrogen and oxygen atoms in total. The van der Waals surface area contributed by atoms with E-state index in [0.29, 0.717) is 30.7 Å². The van der Waals surface area contributed by atoms with Crippen molar-refractivity contribution >= 4 is 15.9 Å². The van der Waals surface area contributed by atoms with Gasteiger partial charge in [0.15, 0.2) is 0 Å². The van der Waals surface area contributed by atoms with Crippen molar-refractivity contribution < 1.29 is 17.9 Å². The van der Waals surface area contributed by atoms with Gasteiger partial charge in [0.1, 0.15) is 10.6 Å². The lowest BCUT2D eigenvalue weighted by Gasteiger charge is -2.29. The number of carbonyl (C=O) groups is 1. The minimum Gasteiger partial charge on any atom is -0.495 e. The van der Waals surface area contributed by atoms with Crippen LogP contribution in [0, 0.1) is 0 Å². The molecular formula is C19H27N3O4S. The molecule has 3 aliphatic rings. The molecule has 2 atom stereocenters. The van der Waals surface area contributed by atoms with Crippen LogP contribution in [0.1, 0.15) is 48.9 Å². The van der Waals surface area contributed by atoms with Crippen molar-refractivity contribution in [1.82, 2.24) is 14.9 Å². The fourth-order valence-electron chi connectivity index (χ4n) is 4.53. The van der Waals surface area contributed by atoms with Gasteiger partial charge in [0.25, 0.3) is 5.91 Å². The number of piperidine rings is 1. The molecule has 1 amide bonds. The summed E-state index contributed by atoms with van der Waals surface area (Å²) in [5, 5.41) is 6.65. The predicted molar refractivity (Wildman–Crippen MR) is 101 cm³/mol. The molecule has 2 unspecified atom stereocenters. The first-order valence-electron chi connectivity index (χ1n) is 9.72. The van der Waals surface area contributed by atoms with Crippen molar-refractivity contribution in [2.45, 2.75) is 61.5 Å². The number of fused-ring (bicyclic) bond motifs is 2. The molecule has 0 saturated carbocycles. The van der Waals surface area contributed by atoms with E-state index in [1.54, 1.807) is 12.1 Å². The molecule has 8 heteroatoms. The van der Waals surface area contributed by atoms with Gasteiger partial charge in [0.2, 0.25) is 10.0 Å². The van der Waals surface area contributed by atoms with Crippen LogP contribution in [0.4, 0.5) is 0 Å². The zero-order valence-electron chi connectivity index (χ0n) is 15.6. The molecule has 0 aromatic heterocycles. The second-order valence-electron chi connectivity index (χ2n) is 7.76. The Bertz CT molecular complexity index is 808. The van der Waals surface area contributed by atoms with Crippen LogP contribution in [0.5, 0.6) is 5.75 Å². The topological polar surface area (TPSA) is 87.7 Å². The van der Waals surface area contributed by atoms with Gasteiger partial charge in [0, 0.05) is 36.8 Å². The molecule has 3 heterocycles. The van der Waals surface area contributed by atoms with E-state index in [4.69, 9.17) is 4.74 Å². The van der Waals surface area contributed by atoms with Crippen molar-refractivity contribution in [2.24, 2.45) is 0 Å². The summed E-state index contributed by atoms with van der Waals surface area (Å²) >= 11 is 0. The highest BCUT2D eigenvalue weighted by Crippen LogP contribution is 2.30. The zero-order chi connectivity index (χ0) is 19.0. The van der Waals surface area contributed by atoms with Crippen molar-refractivity contribution in [2.75, 3.05) is 20.2 Å². The van der Waals surface area contributed by atoms with Crippen LogP contribution < -0.4 is 15.4 Å². The first kappa shape index (κ1) is 18.7. The van der Waals surface area contributed by atoms with E-state index in [1.165, 1.54) is 17.5 Å². The highest BCUT2D eigenvalue weighted by molar-refractivity contribution is 7.89. The predicted octanol–water partition coefficient (Wildman–Crippen LogP) is 1.49. The fourth-order valence-corrected chi connectivity index (χ4v) is 6.23. The van der Waals surface area contributed by atoms with Crippen molar-refractivity contribution in [3.63, 3.8) is 0 Å².